The Hall–Kier alpha value is -2.31. The molecule has 1 unspecified atom stereocenters. The third-order valence-electron chi connectivity index (χ3n) is 3.36. The van der Waals surface area contributed by atoms with E-state index in [1.54, 1.807) is 20.0 Å². The number of ether oxygens (including phenoxy) is 1. The van der Waals surface area contributed by atoms with Crippen molar-refractivity contribution in [3.63, 3.8) is 0 Å². The number of guanidine groups is 1. The van der Waals surface area contributed by atoms with Crippen LogP contribution in [0.15, 0.2) is 23.2 Å². The number of rotatable bonds is 5. The largest absolute Gasteiger partial charge is 0.444 e. The van der Waals surface area contributed by atoms with Crippen molar-refractivity contribution in [2.75, 3.05) is 20.1 Å². The normalized spacial score (nSPS) is 13.2. The molecule has 0 aromatic heterocycles. The zero-order valence-corrected chi connectivity index (χ0v) is 15.9. The minimum Gasteiger partial charge on any atom is -0.444 e. The number of hydrogen-bond donors (Lipinski definition) is 3. The van der Waals surface area contributed by atoms with E-state index >= 15 is 0 Å². The molecular formula is C18H29FN4O2. The second-order valence-corrected chi connectivity index (χ2v) is 6.80. The molecule has 0 aliphatic heterocycles. The van der Waals surface area contributed by atoms with Crippen molar-refractivity contribution in [1.29, 1.82) is 0 Å². The van der Waals surface area contributed by atoms with Gasteiger partial charge in [-0.15, -0.1) is 0 Å². The Labute approximate surface area is 149 Å². The van der Waals surface area contributed by atoms with Crippen molar-refractivity contribution in [2.45, 2.75) is 46.3 Å². The summed E-state index contributed by atoms with van der Waals surface area (Å²) in [6.45, 7) is 9.96. The number of hydrogen-bond acceptors (Lipinski definition) is 3. The van der Waals surface area contributed by atoms with Gasteiger partial charge < -0.3 is 20.7 Å². The lowest BCUT2D eigenvalue weighted by molar-refractivity contribution is 0.0529. The molecule has 1 atom stereocenters. The topological polar surface area (TPSA) is 74.8 Å². The van der Waals surface area contributed by atoms with Crippen LogP contribution in [0.5, 0.6) is 0 Å². The summed E-state index contributed by atoms with van der Waals surface area (Å²) >= 11 is 0. The van der Waals surface area contributed by atoms with Crippen LogP contribution in [-0.2, 0) is 4.74 Å². The van der Waals surface area contributed by atoms with E-state index in [0.717, 1.165) is 5.56 Å². The molecule has 0 aliphatic carbocycles. The second kappa shape index (κ2) is 9.25. The Bertz CT molecular complexity index is 612. The van der Waals surface area contributed by atoms with E-state index in [1.165, 1.54) is 6.07 Å². The van der Waals surface area contributed by atoms with Crippen LogP contribution in [0.1, 0.15) is 44.9 Å². The van der Waals surface area contributed by atoms with Crippen molar-refractivity contribution in [3.8, 4) is 0 Å². The van der Waals surface area contributed by atoms with Gasteiger partial charge in [-0.1, -0.05) is 12.1 Å². The number of nitrogens with one attached hydrogen (secondary N) is 3. The fourth-order valence-corrected chi connectivity index (χ4v) is 2.02. The van der Waals surface area contributed by atoms with Crippen LogP contribution >= 0.6 is 0 Å². The minimum absolute atomic E-state index is 0.111. The predicted octanol–water partition coefficient (Wildman–Crippen LogP) is 2.88. The van der Waals surface area contributed by atoms with Crippen molar-refractivity contribution in [1.82, 2.24) is 16.0 Å². The molecule has 0 fully saturated rings. The maximum atomic E-state index is 13.7. The third-order valence-corrected chi connectivity index (χ3v) is 3.36. The Balaban J connectivity index is 2.42. The Morgan fingerprint density at radius 1 is 1.28 bits per heavy atom. The first-order chi connectivity index (χ1) is 11.6. The molecule has 1 rings (SSSR count). The van der Waals surface area contributed by atoms with Crippen molar-refractivity contribution < 1.29 is 13.9 Å². The molecule has 0 aliphatic rings. The van der Waals surface area contributed by atoms with Gasteiger partial charge in [-0.05, 0) is 51.8 Å². The first-order valence-electron chi connectivity index (χ1n) is 8.32. The molecule has 0 spiro atoms. The molecule has 6 nitrogen and oxygen atoms in total. The smallest absolute Gasteiger partial charge is 0.407 e. The SMILES string of the molecule is CN=C(NCCNC(=O)OC(C)(C)C)NC(C)c1ccc(C)c(F)c1. The third kappa shape index (κ3) is 7.87. The minimum atomic E-state index is -0.520. The highest BCUT2D eigenvalue weighted by molar-refractivity contribution is 5.80. The predicted molar refractivity (Wildman–Crippen MR) is 98.3 cm³/mol. The van der Waals surface area contributed by atoms with Crippen LogP contribution in [0, 0.1) is 12.7 Å². The van der Waals surface area contributed by atoms with Crippen molar-refractivity contribution >= 4 is 12.1 Å². The van der Waals surface area contributed by atoms with Gasteiger partial charge in [-0.3, -0.25) is 4.99 Å². The van der Waals surface area contributed by atoms with Crippen LogP contribution in [0.25, 0.3) is 0 Å². The van der Waals surface area contributed by atoms with Gasteiger partial charge in [0.25, 0.3) is 0 Å². The number of halogens is 1. The number of amides is 1. The van der Waals surface area contributed by atoms with Crippen molar-refractivity contribution in [2.24, 2.45) is 4.99 Å². The first-order valence-corrected chi connectivity index (χ1v) is 8.32. The number of benzene rings is 1. The molecule has 0 saturated carbocycles. The quantitative estimate of drug-likeness (QED) is 0.433. The Kier molecular flexibility index (Phi) is 7.67. The van der Waals surface area contributed by atoms with E-state index in [9.17, 15) is 9.18 Å². The highest BCUT2D eigenvalue weighted by Gasteiger charge is 2.15. The zero-order chi connectivity index (χ0) is 19.0. The maximum Gasteiger partial charge on any atom is 0.407 e. The van der Waals surface area contributed by atoms with Crippen LogP contribution in [0.2, 0.25) is 0 Å². The average Bonchev–Trinajstić information content (AvgIpc) is 2.51. The van der Waals surface area contributed by atoms with E-state index in [2.05, 4.69) is 20.9 Å². The molecule has 0 saturated heterocycles. The van der Waals surface area contributed by atoms with Gasteiger partial charge >= 0.3 is 6.09 Å². The molecule has 1 aromatic carbocycles. The number of aryl methyl sites for hydroxylation is 1. The summed E-state index contributed by atoms with van der Waals surface area (Å²) < 4.78 is 18.8. The lowest BCUT2D eigenvalue weighted by Gasteiger charge is -2.20. The molecule has 7 heteroatoms. The average molecular weight is 352 g/mol. The van der Waals surface area contributed by atoms with Crippen LogP contribution in [0.4, 0.5) is 9.18 Å². The van der Waals surface area contributed by atoms with E-state index in [1.807, 2.05) is 33.8 Å². The molecule has 0 bridgehead atoms. The molecule has 0 radical (unpaired) electrons. The molecule has 25 heavy (non-hydrogen) atoms. The molecule has 1 amide bonds. The number of alkyl carbamates (subject to hydrolysis) is 1. The highest BCUT2D eigenvalue weighted by Crippen LogP contribution is 2.16. The van der Waals surface area contributed by atoms with Crippen LogP contribution in [-0.4, -0.2) is 37.8 Å². The summed E-state index contributed by atoms with van der Waals surface area (Å²) in [5.41, 5.74) is 0.929. The zero-order valence-electron chi connectivity index (χ0n) is 15.9. The standard InChI is InChI=1S/C18H29FN4O2/c1-12-7-8-14(11-15(12)19)13(2)23-16(20-6)21-9-10-22-17(24)25-18(3,4)5/h7-8,11,13H,9-10H2,1-6H3,(H,22,24)(H2,20,21,23). The number of aliphatic imine (C=N–C) groups is 1. The monoisotopic (exact) mass is 352 g/mol. The van der Waals surface area contributed by atoms with E-state index in [-0.39, 0.29) is 11.9 Å². The summed E-state index contributed by atoms with van der Waals surface area (Å²) in [5.74, 6) is 0.343. The maximum absolute atomic E-state index is 13.7. The number of nitrogens with zero attached hydrogens (tertiary/aromatic N) is 1. The van der Waals surface area contributed by atoms with Gasteiger partial charge in [0, 0.05) is 20.1 Å². The van der Waals surface area contributed by atoms with E-state index in [4.69, 9.17) is 4.74 Å². The number of carbonyl (C=O) groups is 1. The van der Waals surface area contributed by atoms with Crippen molar-refractivity contribution in [3.05, 3.63) is 35.1 Å². The molecular weight excluding hydrogens is 323 g/mol. The summed E-state index contributed by atoms with van der Waals surface area (Å²) in [6.07, 6.45) is -0.458. The molecule has 1 aromatic rings. The molecule has 3 N–H and O–H groups in total. The number of carbonyl (C=O) groups excluding carboxylic acids is 1. The summed E-state index contributed by atoms with van der Waals surface area (Å²) in [6, 6.07) is 5.04. The first kappa shape index (κ1) is 20.7. The fraction of sp³-hybridized carbons (Fsp3) is 0.556. The summed E-state index contributed by atoms with van der Waals surface area (Å²) in [7, 11) is 1.65. The lowest BCUT2D eigenvalue weighted by atomic mass is 10.1. The summed E-state index contributed by atoms with van der Waals surface area (Å²) in [4.78, 5) is 15.7. The van der Waals surface area contributed by atoms with E-state index in [0.29, 0.717) is 24.6 Å². The lowest BCUT2D eigenvalue weighted by Crippen LogP contribution is -2.43. The van der Waals surface area contributed by atoms with E-state index < -0.39 is 11.7 Å². The van der Waals surface area contributed by atoms with Crippen LogP contribution in [0.3, 0.4) is 0 Å². The fourth-order valence-electron chi connectivity index (χ4n) is 2.02. The molecule has 0 heterocycles. The molecule has 140 valence electrons. The van der Waals surface area contributed by atoms with Gasteiger partial charge in [0.05, 0.1) is 6.04 Å². The Morgan fingerprint density at radius 2 is 1.92 bits per heavy atom. The summed E-state index contributed by atoms with van der Waals surface area (Å²) in [5, 5.41) is 8.93. The van der Waals surface area contributed by atoms with Gasteiger partial charge in [-0.2, -0.15) is 0 Å². The van der Waals surface area contributed by atoms with Gasteiger partial charge in [0.2, 0.25) is 0 Å². The highest BCUT2D eigenvalue weighted by atomic mass is 19.1. The van der Waals surface area contributed by atoms with Gasteiger partial charge in [0.1, 0.15) is 11.4 Å². The van der Waals surface area contributed by atoms with Gasteiger partial charge in [-0.25, -0.2) is 9.18 Å². The van der Waals surface area contributed by atoms with Crippen LogP contribution < -0.4 is 16.0 Å². The van der Waals surface area contributed by atoms with Gasteiger partial charge in [0.15, 0.2) is 5.96 Å². The Morgan fingerprint density at radius 3 is 2.48 bits per heavy atom. The second-order valence-electron chi connectivity index (χ2n) is 6.80.